The molecule has 1 aromatic heterocycles. The van der Waals surface area contributed by atoms with Crippen molar-refractivity contribution in [2.75, 3.05) is 13.7 Å². The van der Waals surface area contributed by atoms with E-state index in [0.717, 1.165) is 30.2 Å². The molecule has 0 bridgehead atoms. The molecule has 21 heavy (non-hydrogen) atoms. The van der Waals surface area contributed by atoms with Crippen LogP contribution >= 0.6 is 0 Å². The summed E-state index contributed by atoms with van der Waals surface area (Å²) in [4.78, 5) is 6.93. The number of rotatable bonds is 4. The Hall–Kier alpha value is -1.88. The fourth-order valence-electron chi connectivity index (χ4n) is 2.74. The number of methoxy groups -OCH3 is 1. The second-order valence-electron chi connectivity index (χ2n) is 5.56. The van der Waals surface area contributed by atoms with Gasteiger partial charge in [-0.25, -0.2) is 0 Å². The molecule has 0 amide bonds. The van der Waals surface area contributed by atoms with Crippen LogP contribution in [0.15, 0.2) is 28.8 Å². The Kier molecular flexibility index (Phi) is 4.20. The standard InChI is InChI=1S/C16H21N3O2/c1-12-5-3-4-10-19(12)11-15-17-16(21-18-15)13-6-8-14(20-2)9-7-13/h6-9,12H,3-5,10-11H2,1-2H3. The van der Waals surface area contributed by atoms with Gasteiger partial charge >= 0.3 is 0 Å². The quantitative estimate of drug-likeness (QED) is 0.864. The number of hydrogen-bond acceptors (Lipinski definition) is 5. The molecule has 1 unspecified atom stereocenters. The number of benzene rings is 1. The summed E-state index contributed by atoms with van der Waals surface area (Å²) in [5.74, 6) is 2.15. The molecule has 0 saturated carbocycles. The predicted molar refractivity (Wildman–Crippen MR) is 80.0 cm³/mol. The summed E-state index contributed by atoms with van der Waals surface area (Å²) in [7, 11) is 1.65. The maximum absolute atomic E-state index is 5.37. The minimum Gasteiger partial charge on any atom is -0.497 e. The van der Waals surface area contributed by atoms with Gasteiger partial charge in [0.25, 0.3) is 5.89 Å². The molecule has 0 radical (unpaired) electrons. The molecule has 0 N–H and O–H groups in total. The minimum atomic E-state index is 0.567. The second-order valence-corrected chi connectivity index (χ2v) is 5.56. The third kappa shape index (κ3) is 3.24. The molecule has 1 fully saturated rings. The van der Waals surface area contributed by atoms with E-state index in [2.05, 4.69) is 22.0 Å². The molecule has 1 aromatic carbocycles. The number of hydrogen-bond donors (Lipinski definition) is 0. The van der Waals surface area contributed by atoms with Crippen molar-refractivity contribution < 1.29 is 9.26 Å². The molecule has 1 saturated heterocycles. The lowest BCUT2D eigenvalue weighted by molar-refractivity contribution is 0.147. The van der Waals surface area contributed by atoms with Crippen LogP contribution in [-0.2, 0) is 6.54 Å². The van der Waals surface area contributed by atoms with Crippen LogP contribution in [0.3, 0.4) is 0 Å². The molecular weight excluding hydrogens is 266 g/mol. The third-order valence-corrected chi connectivity index (χ3v) is 4.09. The summed E-state index contributed by atoms with van der Waals surface area (Å²) in [5, 5.41) is 4.10. The molecule has 2 aromatic rings. The average molecular weight is 287 g/mol. The highest BCUT2D eigenvalue weighted by Crippen LogP contribution is 2.22. The molecule has 3 rings (SSSR count). The normalized spacial score (nSPS) is 19.6. The van der Waals surface area contributed by atoms with Crippen molar-refractivity contribution in [3.05, 3.63) is 30.1 Å². The number of likely N-dealkylation sites (tertiary alicyclic amines) is 1. The molecule has 5 heteroatoms. The lowest BCUT2D eigenvalue weighted by Gasteiger charge is -2.32. The van der Waals surface area contributed by atoms with Crippen LogP contribution in [0.2, 0.25) is 0 Å². The van der Waals surface area contributed by atoms with E-state index in [4.69, 9.17) is 9.26 Å². The van der Waals surface area contributed by atoms with Gasteiger partial charge in [-0.3, -0.25) is 4.90 Å². The highest BCUT2D eigenvalue weighted by atomic mass is 16.5. The smallest absolute Gasteiger partial charge is 0.257 e. The SMILES string of the molecule is COc1ccc(-c2nc(CN3CCCCC3C)no2)cc1. The zero-order valence-electron chi connectivity index (χ0n) is 12.6. The third-order valence-electron chi connectivity index (χ3n) is 4.09. The molecule has 2 heterocycles. The summed E-state index contributed by atoms with van der Waals surface area (Å²) in [6.07, 6.45) is 3.83. The van der Waals surface area contributed by atoms with Crippen LogP contribution in [0.4, 0.5) is 0 Å². The van der Waals surface area contributed by atoms with E-state index in [1.54, 1.807) is 7.11 Å². The second kappa shape index (κ2) is 6.26. The van der Waals surface area contributed by atoms with Gasteiger partial charge in [0.2, 0.25) is 0 Å². The summed E-state index contributed by atoms with van der Waals surface area (Å²) in [6.45, 7) is 4.15. The highest BCUT2D eigenvalue weighted by Gasteiger charge is 2.20. The van der Waals surface area contributed by atoms with Crippen molar-refractivity contribution in [2.45, 2.75) is 38.8 Å². The van der Waals surface area contributed by atoms with Crippen LogP contribution < -0.4 is 4.74 Å². The fraction of sp³-hybridized carbons (Fsp3) is 0.500. The molecule has 0 aliphatic carbocycles. The number of aromatic nitrogens is 2. The first kappa shape index (κ1) is 14.1. The van der Waals surface area contributed by atoms with Crippen molar-refractivity contribution >= 4 is 0 Å². The van der Waals surface area contributed by atoms with Gasteiger partial charge in [0.05, 0.1) is 13.7 Å². The van der Waals surface area contributed by atoms with Crippen LogP contribution in [0.25, 0.3) is 11.5 Å². The first-order chi connectivity index (χ1) is 10.3. The summed E-state index contributed by atoms with van der Waals surface area (Å²) in [5.41, 5.74) is 0.918. The predicted octanol–water partition coefficient (Wildman–Crippen LogP) is 3.12. The number of nitrogens with zero attached hydrogens (tertiary/aromatic N) is 3. The first-order valence-electron chi connectivity index (χ1n) is 7.47. The van der Waals surface area contributed by atoms with E-state index >= 15 is 0 Å². The lowest BCUT2D eigenvalue weighted by atomic mass is 10.0. The molecule has 1 atom stereocenters. The molecule has 0 spiro atoms. The molecule has 5 nitrogen and oxygen atoms in total. The van der Waals surface area contributed by atoms with Gasteiger partial charge in [-0.05, 0) is 50.6 Å². The zero-order chi connectivity index (χ0) is 14.7. The van der Waals surface area contributed by atoms with E-state index in [0.29, 0.717) is 11.9 Å². The van der Waals surface area contributed by atoms with Gasteiger partial charge in [-0.15, -0.1) is 0 Å². The maximum atomic E-state index is 5.37. The largest absolute Gasteiger partial charge is 0.497 e. The molecule has 1 aliphatic rings. The van der Waals surface area contributed by atoms with Gasteiger partial charge in [-0.1, -0.05) is 11.6 Å². The Morgan fingerprint density at radius 1 is 1.29 bits per heavy atom. The van der Waals surface area contributed by atoms with Crippen molar-refractivity contribution in [3.63, 3.8) is 0 Å². The lowest BCUT2D eigenvalue weighted by Crippen LogP contribution is -2.37. The Balaban J connectivity index is 1.70. The van der Waals surface area contributed by atoms with E-state index in [1.807, 2.05) is 24.3 Å². The van der Waals surface area contributed by atoms with Crippen molar-refractivity contribution in [1.29, 1.82) is 0 Å². The van der Waals surface area contributed by atoms with Crippen LogP contribution in [0.5, 0.6) is 5.75 Å². The summed E-state index contributed by atoms with van der Waals surface area (Å²) >= 11 is 0. The van der Waals surface area contributed by atoms with Crippen molar-refractivity contribution in [1.82, 2.24) is 15.0 Å². The Morgan fingerprint density at radius 2 is 2.10 bits per heavy atom. The van der Waals surface area contributed by atoms with Crippen molar-refractivity contribution in [2.24, 2.45) is 0 Å². The van der Waals surface area contributed by atoms with E-state index in [1.165, 1.54) is 19.3 Å². The molecule has 1 aliphatic heterocycles. The molecule has 112 valence electrons. The van der Waals surface area contributed by atoms with E-state index in [9.17, 15) is 0 Å². The first-order valence-corrected chi connectivity index (χ1v) is 7.47. The van der Waals surface area contributed by atoms with Crippen LogP contribution in [0.1, 0.15) is 32.0 Å². The highest BCUT2D eigenvalue weighted by molar-refractivity contribution is 5.54. The number of ether oxygens (including phenoxy) is 1. The average Bonchev–Trinajstić information content (AvgIpc) is 2.98. The zero-order valence-corrected chi connectivity index (χ0v) is 12.6. The number of piperidine rings is 1. The van der Waals surface area contributed by atoms with Gasteiger partial charge in [0.1, 0.15) is 5.75 Å². The van der Waals surface area contributed by atoms with Gasteiger partial charge in [-0.2, -0.15) is 4.98 Å². The van der Waals surface area contributed by atoms with Gasteiger partial charge < -0.3 is 9.26 Å². The minimum absolute atomic E-state index is 0.567. The summed E-state index contributed by atoms with van der Waals surface area (Å²) < 4.78 is 10.5. The fourth-order valence-corrected chi connectivity index (χ4v) is 2.74. The molecular formula is C16H21N3O2. The monoisotopic (exact) mass is 287 g/mol. The van der Waals surface area contributed by atoms with Crippen LogP contribution in [-0.4, -0.2) is 34.7 Å². The van der Waals surface area contributed by atoms with Gasteiger partial charge in [0.15, 0.2) is 5.82 Å². The van der Waals surface area contributed by atoms with Crippen LogP contribution in [0, 0.1) is 0 Å². The van der Waals surface area contributed by atoms with Crippen molar-refractivity contribution in [3.8, 4) is 17.2 Å². The van der Waals surface area contributed by atoms with E-state index < -0.39 is 0 Å². The summed E-state index contributed by atoms with van der Waals surface area (Å²) in [6, 6.07) is 8.25. The van der Waals surface area contributed by atoms with Gasteiger partial charge in [0, 0.05) is 11.6 Å². The Labute approximate surface area is 124 Å². The maximum Gasteiger partial charge on any atom is 0.257 e. The Bertz CT molecular complexity index is 579. The topological polar surface area (TPSA) is 51.4 Å². The Morgan fingerprint density at radius 3 is 2.81 bits per heavy atom. The van der Waals surface area contributed by atoms with E-state index in [-0.39, 0.29) is 0 Å².